The van der Waals surface area contributed by atoms with Crippen molar-refractivity contribution in [2.75, 3.05) is 5.75 Å². The van der Waals surface area contributed by atoms with Crippen LogP contribution in [0.2, 0.25) is 0 Å². The van der Waals surface area contributed by atoms with Crippen molar-refractivity contribution in [2.24, 2.45) is 10.2 Å². The van der Waals surface area contributed by atoms with Crippen LogP contribution in [-0.2, 0) is 11.2 Å². The Kier molecular flexibility index (Phi) is 4.32. The molecular formula is C12H13N3OS. The Balaban J connectivity index is 1.74. The summed E-state index contributed by atoms with van der Waals surface area (Å²) in [6.07, 6.45) is 3.57. The number of rotatable bonds is 4. The van der Waals surface area contributed by atoms with E-state index >= 15 is 0 Å². The molecular weight excluding hydrogens is 234 g/mol. The Morgan fingerprint density at radius 1 is 1.35 bits per heavy atom. The molecule has 1 amide bonds. The number of hydrogen-bond acceptors (Lipinski definition) is 4. The Bertz CT molecular complexity index is 442. The zero-order valence-corrected chi connectivity index (χ0v) is 10.1. The molecule has 1 aromatic carbocycles. The highest BCUT2D eigenvalue weighted by Crippen LogP contribution is 2.08. The topological polar surface area (TPSA) is 53.8 Å². The van der Waals surface area contributed by atoms with Gasteiger partial charge < -0.3 is 5.32 Å². The molecule has 0 atom stereocenters. The lowest BCUT2D eigenvalue weighted by molar-refractivity contribution is -0.116. The van der Waals surface area contributed by atoms with Crippen molar-refractivity contribution in [2.45, 2.75) is 12.8 Å². The second kappa shape index (κ2) is 6.20. The first-order chi connectivity index (χ1) is 8.34. The van der Waals surface area contributed by atoms with Crippen molar-refractivity contribution in [3.63, 3.8) is 0 Å². The van der Waals surface area contributed by atoms with Crippen molar-refractivity contribution in [3.8, 4) is 0 Å². The van der Waals surface area contributed by atoms with Gasteiger partial charge in [0.15, 0.2) is 5.17 Å². The van der Waals surface area contributed by atoms with Crippen LogP contribution >= 0.6 is 11.8 Å². The summed E-state index contributed by atoms with van der Waals surface area (Å²) in [6.45, 7) is 0. The predicted octanol–water partition coefficient (Wildman–Crippen LogP) is 1.82. The lowest BCUT2D eigenvalue weighted by atomic mass is 10.1. The second-order valence-corrected chi connectivity index (χ2v) is 4.53. The van der Waals surface area contributed by atoms with Crippen molar-refractivity contribution >= 4 is 29.1 Å². The third kappa shape index (κ3) is 4.03. The number of hydrogen-bond donors (Lipinski definition) is 1. The minimum atomic E-state index is -0.00626. The summed E-state index contributed by atoms with van der Waals surface area (Å²) in [6, 6.07) is 10.2. The normalized spacial score (nSPS) is 17.9. The van der Waals surface area contributed by atoms with E-state index in [0.717, 1.165) is 12.8 Å². The van der Waals surface area contributed by atoms with Gasteiger partial charge in [0.05, 0.1) is 5.75 Å². The van der Waals surface area contributed by atoms with Crippen LogP contribution < -0.4 is 5.32 Å². The molecule has 1 heterocycles. The second-order valence-electron chi connectivity index (χ2n) is 3.56. The first-order valence-corrected chi connectivity index (χ1v) is 6.39. The molecule has 1 aromatic rings. The van der Waals surface area contributed by atoms with Gasteiger partial charge in [-0.25, -0.2) is 0 Å². The fraction of sp³-hybridized carbons (Fsp3) is 0.250. The van der Waals surface area contributed by atoms with Crippen LogP contribution in [0.5, 0.6) is 0 Å². The van der Waals surface area contributed by atoms with E-state index in [1.54, 1.807) is 6.21 Å². The Labute approximate surface area is 104 Å². The first kappa shape index (κ1) is 11.9. The van der Waals surface area contributed by atoms with Crippen molar-refractivity contribution in [1.29, 1.82) is 0 Å². The van der Waals surface area contributed by atoms with Crippen molar-refractivity contribution < 1.29 is 4.79 Å². The molecule has 1 aliphatic rings. The van der Waals surface area contributed by atoms with Gasteiger partial charge in [-0.2, -0.15) is 5.10 Å². The van der Waals surface area contributed by atoms with Gasteiger partial charge in [-0.3, -0.25) is 4.79 Å². The lowest BCUT2D eigenvalue weighted by Crippen LogP contribution is -2.19. The highest BCUT2D eigenvalue weighted by molar-refractivity contribution is 8.15. The molecule has 88 valence electrons. The number of thioether (sulfide) groups is 1. The molecule has 1 fully saturated rings. The largest absolute Gasteiger partial charge is 0.303 e. The fourth-order valence-corrected chi connectivity index (χ4v) is 2.04. The number of carbonyl (C=O) groups excluding carboxylic acids is 1. The monoisotopic (exact) mass is 247 g/mol. The van der Waals surface area contributed by atoms with E-state index in [0.29, 0.717) is 10.9 Å². The third-order valence-electron chi connectivity index (χ3n) is 2.22. The van der Waals surface area contributed by atoms with Crippen LogP contribution in [0.15, 0.2) is 40.5 Å². The molecule has 0 unspecified atom stereocenters. The van der Waals surface area contributed by atoms with Crippen LogP contribution in [0, 0.1) is 0 Å². The Hall–Kier alpha value is -1.62. The zero-order chi connectivity index (χ0) is 11.9. The highest BCUT2D eigenvalue weighted by atomic mass is 32.2. The minimum Gasteiger partial charge on any atom is -0.303 e. The van der Waals surface area contributed by atoms with Crippen molar-refractivity contribution in [3.05, 3.63) is 35.9 Å². The van der Waals surface area contributed by atoms with Gasteiger partial charge in [-0.15, -0.1) is 5.10 Å². The van der Waals surface area contributed by atoms with Crippen LogP contribution in [0.25, 0.3) is 0 Å². The number of amidine groups is 1. The highest BCUT2D eigenvalue weighted by Gasteiger charge is 2.15. The maximum atomic E-state index is 10.9. The van der Waals surface area contributed by atoms with Gasteiger partial charge >= 0.3 is 0 Å². The molecule has 1 N–H and O–H groups in total. The molecule has 0 aliphatic carbocycles. The smallest absolute Gasteiger partial charge is 0.236 e. The molecule has 5 heteroatoms. The van der Waals surface area contributed by atoms with E-state index in [2.05, 4.69) is 27.7 Å². The molecule has 4 nitrogen and oxygen atoms in total. The summed E-state index contributed by atoms with van der Waals surface area (Å²) < 4.78 is 0. The number of aryl methyl sites for hydroxylation is 1. The van der Waals surface area contributed by atoms with Crippen LogP contribution in [0.4, 0.5) is 0 Å². The van der Waals surface area contributed by atoms with Gasteiger partial charge in [0.2, 0.25) is 5.91 Å². The standard InChI is InChI=1S/C12H13N3OS/c16-11-9-17-12(14-11)15-13-8-4-7-10-5-2-1-3-6-10/h1-3,5-6,8H,4,7,9H2,(H,14,15,16)/b13-8+. The lowest BCUT2D eigenvalue weighted by Gasteiger charge is -1.95. The van der Waals surface area contributed by atoms with Crippen LogP contribution in [0.1, 0.15) is 12.0 Å². The van der Waals surface area contributed by atoms with Crippen LogP contribution in [0.3, 0.4) is 0 Å². The first-order valence-electron chi connectivity index (χ1n) is 5.40. The van der Waals surface area contributed by atoms with Crippen molar-refractivity contribution in [1.82, 2.24) is 5.32 Å². The van der Waals surface area contributed by atoms with E-state index in [4.69, 9.17) is 0 Å². The predicted molar refractivity (Wildman–Crippen MR) is 71.3 cm³/mol. The molecule has 0 bridgehead atoms. The Morgan fingerprint density at radius 3 is 2.88 bits per heavy atom. The number of benzene rings is 1. The molecule has 0 radical (unpaired) electrons. The van der Waals surface area contributed by atoms with Gasteiger partial charge in [-0.05, 0) is 18.4 Å². The molecule has 1 saturated heterocycles. The number of amides is 1. The molecule has 0 saturated carbocycles. The van der Waals surface area contributed by atoms with E-state index in [1.807, 2.05) is 18.2 Å². The van der Waals surface area contributed by atoms with E-state index in [1.165, 1.54) is 17.3 Å². The molecule has 2 rings (SSSR count). The minimum absolute atomic E-state index is 0.00626. The number of carbonyl (C=O) groups is 1. The van der Waals surface area contributed by atoms with Gasteiger partial charge in [-0.1, -0.05) is 42.1 Å². The number of nitrogens with one attached hydrogen (secondary N) is 1. The summed E-state index contributed by atoms with van der Waals surface area (Å²) in [5.41, 5.74) is 1.29. The Morgan fingerprint density at radius 2 is 2.18 bits per heavy atom. The average molecular weight is 247 g/mol. The SMILES string of the molecule is O=C1CS/C(=N\N=C\CCc2ccccc2)N1. The maximum Gasteiger partial charge on any atom is 0.236 e. The van der Waals surface area contributed by atoms with Crippen LogP contribution in [-0.4, -0.2) is 23.0 Å². The summed E-state index contributed by atoms with van der Waals surface area (Å²) in [5, 5.41) is 11.1. The molecule has 1 aliphatic heterocycles. The van der Waals surface area contributed by atoms with Gasteiger partial charge in [0, 0.05) is 6.21 Å². The molecule has 0 aromatic heterocycles. The molecule has 0 spiro atoms. The third-order valence-corrected chi connectivity index (χ3v) is 3.09. The summed E-state index contributed by atoms with van der Waals surface area (Å²) in [5.74, 6) is 0.437. The van der Waals surface area contributed by atoms with E-state index in [-0.39, 0.29) is 5.91 Å². The maximum absolute atomic E-state index is 10.9. The summed E-state index contributed by atoms with van der Waals surface area (Å²) in [4.78, 5) is 10.9. The molecule has 17 heavy (non-hydrogen) atoms. The average Bonchev–Trinajstić information content (AvgIpc) is 2.76. The summed E-state index contributed by atoms with van der Waals surface area (Å²) in [7, 11) is 0. The quantitative estimate of drug-likeness (QED) is 0.652. The van der Waals surface area contributed by atoms with E-state index < -0.39 is 0 Å². The fourth-order valence-electron chi connectivity index (χ4n) is 1.41. The van der Waals surface area contributed by atoms with Gasteiger partial charge in [0.25, 0.3) is 0 Å². The van der Waals surface area contributed by atoms with Gasteiger partial charge in [0.1, 0.15) is 0 Å². The zero-order valence-electron chi connectivity index (χ0n) is 9.30. The summed E-state index contributed by atoms with van der Waals surface area (Å²) >= 11 is 1.38. The number of nitrogens with zero attached hydrogens (tertiary/aromatic N) is 2. The van der Waals surface area contributed by atoms with E-state index in [9.17, 15) is 4.79 Å².